The fourth-order valence-corrected chi connectivity index (χ4v) is 1.76. The molecule has 0 aromatic heterocycles. The van der Waals surface area contributed by atoms with Gasteiger partial charge in [0.2, 0.25) is 5.91 Å². The highest BCUT2D eigenvalue weighted by atomic mass is 19.1. The van der Waals surface area contributed by atoms with Crippen molar-refractivity contribution >= 4 is 5.91 Å². The zero-order valence-electron chi connectivity index (χ0n) is 10.8. The van der Waals surface area contributed by atoms with Gasteiger partial charge in [-0.1, -0.05) is 0 Å². The first-order valence-electron chi connectivity index (χ1n) is 6.26. The van der Waals surface area contributed by atoms with E-state index in [9.17, 15) is 9.18 Å². The molecule has 0 unspecified atom stereocenters. The van der Waals surface area contributed by atoms with Gasteiger partial charge in [0.25, 0.3) is 0 Å². The third-order valence-electron chi connectivity index (χ3n) is 3.13. The normalized spacial score (nSPS) is 13.9. The van der Waals surface area contributed by atoms with Crippen LogP contribution in [0.15, 0.2) is 18.2 Å². The number of halogens is 1. The second kappa shape index (κ2) is 5.81. The van der Waals surface area contributed by atoms with E-state index in [2.05, 4.69) is 5.32 Å². The van der Waals surface area contributed by atoms with E-state index in [-0.39, 0.29) is 19.0 Å². The van der Waals surface area contributed by atoms with E-state index in [0.29, 0.717) is 17.2 Å². The van der Waals surface area contributed by atoms with Crippen LogP contribution in [0.5, 0.6) is 0 Å². The van der Waals surface area contributed by atoms with Crippen molar-refractivity contribution < 1.29 is 9.18 Å². The Kier molecular flexibility index (Phi) is 4.13. The highest BCUT2D eigenvalue weighted by molar-refractivity contribution is 5.78. The fraction of sp³-hybridized carbons (Fsp3) is 0.429. The van der Waals surface area contributed by atoms with Crippen molar-refractivity contribution in [3.63, 3.8) is 0 Å². The molecule has 1 N–H and O–H groups in total. The molecular weight excluding hydrogens is 245 g/mol. The van der Waals surface area contributed by atoms with Gasteiger partial charge in [-0.3, -0.25) is 4.79 Å². The van der Waals surface area contributed by atoms with Crippen molar-refractivity contribution in [3.8, 4) is 6.07 Å². The van der Waals surface area contributed by atoms with Gasteiger partial charge in [0, 0.05) is 25.2 Å². The monoisotopic (exact) mass is 261 g/mol. The summed E-state index contributed by atoms with van der Waals surface area (Å²) in [6.07, 6.45) is 2.24. The number of carbonyl (C=O) groups excluding carboxylic acids is 1. The topological polar surface area (TPSA) is 56.1 Å². The molecule has 0 atom stereocenters. The van der Waals surface area contributed by atoms with Crippen molar-refractivity contribution in [2.24, 2.45) is 0 Å². The number of amides is 1. The Labute approximate surface area is 111 Å². The molecule has 1 aromatic carbocycles. The van der Waals surface area contributed by atoms with Crippen molar-refractivity contribution in [1.29, 1.82) is 5.26 Å². The Morgan fingerprint density at radius 1 is 1.58 bits per heavy atom. The van der Waals surface area contributed by atoms with Crippen LogP contribution in [0.1, 0.15) is 24.0 Å². The quantitative estimate of drug-likeness (QED) is 0.872. The Bertz CT molecular complexity index is 520. The number of nitriles is 1. The Morgan fingerprint density at radius 3 is 2.95 bits per heavy atom. The number of hydrogen-bond acceptors (Lipinski definition) is 3. The molecule has 1 fully saturated rings. The highest BCUT2D eigenvalue weighted by Gasteiger charge is 2.22. The number of likely N-dealkylation sites (N-methyl/N-ethyl adjacent to an activating group) is 1. The average molecular weight is 261 g/mol. The molecule has 0 saturated heterocycles. The van der Waals surface area contributed by atoms with Crippen LogP contribution in [-0.4, -0.2) is 30.4 Å². The van der Waals surface area contributed by atoms with Gasteiger partial charge < -0.3 is 10.2 Å². The molecule has 100 valence electrons. The van der Waals surface area contributed by atoms with Crippen LogP contribution in [0.3, 0.4) is 0 Å². The van der Waals surface area contributed by atoms with Crippen LogP contribution >= 0.6 is 0 Å². The summed E-state index contributed by atoms with van der Waals surface area (Å²) in [5, 5.41) is 11.9. The Balaban J connectivity index is 1.95. The van der Waals surface area contributed by atoms with Crippen LogP contribution in [0.2, 0.25) is 0 Å². The van der Waals surface area contributed by atoms with Crippen molar-refractivity contribution in [1.82, 2.24) is 10.2 Å². The maximum atomic E-state index is 13.6. The van der Waals surface area contributed by atoms with Gasteiger partial charge in [-0.2, -0.15) is 5.26 Å². The predicted octanol–water partition coefficient (Wildman–Crippen LogP) is 1.41. The van der Waals surface area contributed by atoms with Gasteiger partial charge in [0.1, 0.15) is 5.82 Å². The maximum absolute atomic E-state index is 13.6. The van der Waals surface area contributed by atoms with E-state index in [4.69, 9.17) is 5.26 Å². The highest BCUT2D eigenvalue weighted by Crippen LogP contribution is 2.18. The third kappa shape index (κ3) is 3.76. The van der Waals surface area contributed by atoms with Crippen molar-refractivity contribution in [2.75, 3.05) is 13.6 Å². The summed E-state index contributed by atoms with van der Waals surface area (Å²) in [5.41, 5.74) is 0.759. The zero-order valence-corrected chi connectivity index (χ0v) is 10.8. The van der Waals surface area contributed by atoms with Gasteiger partial charge in [-0.05, 0) is 31.0 Å². The minimum Gasteiger partial charge on any atom is -0.340 e. The molecule has 1 aliphatic carbocycles. The van der Waals surface area contributed by atoms with Crippen LogP contribution < -0.4 is 5.32 Å². The summed E-state index contributed by atoms with van der Waals surface area (Å²) in [6, 6.07) is 6.60. The molecule has 2 rings (SSSR count). The number of carbonyl (C=O) groups is 1. The molecule has 1 aromatic rings. The molecule has 1 saturated carbocycles. The lowest BCUT2D eigenvalue weighted by Gasteiger charge is -2.18. The summed E-state index contributed by atoms with van der Waals surface area (Å²) in [4.78, 5) is 13.3. The standard InChI is InChI=1S/C14H16FN3O/c1-18(14(19)8-17-12-3-4-12)9-11-6-10(7-16)2-5-13(11)15/h2,5-6,12,17H,3-4,8-9H2,1H3. The van der Waals surface area contributed by atoms with Crippen LogP contribution in [0, 0.1) is 17.1 Å². The molecule has 0 spiro atoms. The van der Waals surface area contributed by atoms with E-state index < -0.39 is 5.82 Å². The predicted molar refractivity (Wildman–Crippen MR) is 68.6 cm³/mol. The Morgan fingerprint density at radius 2 is 2.32 bits per heavy atom. The molecule has 1 amide bonds. The number of hydrogen-bond donors (Lipinski definition) is 1. The molecule has 0 bridgehead atoms. The van der Waals surface area contributed by atoms with Crippen LogP contribution in [-0.2, 0) is 11.3 Å². The van der Waals surface area contributed by atoms with Crippen molar-refractivity contribution in [2.45, 2.75) is 25.4 Å². The molecule has 19 heavy (non-hydrogen) atoms. The molecule has 1 aliphatic rings. The SMILES string of the molecule is CN(Cc1cc(C#N)ccc1F)C(=O)CNC1CC1. The van der Waals surface area contributed by atoms with Gasteiger partial charge in [-0.15, -0.1) is 0 Å². The van der Waals surface area contributed by atoms with E-state index >= 15 is 0 Å². The van der Waals surface area contributed by atoms with Gasteiger partial charge in [0.05, 0.1) is 18.2 Å². The minimum atomic E-state index is -0.395. The molecule has 0 radical (unpaired) electrons. The first kappa shape index (κ1) is 13.5. The maximum Gasteiger partial charge on any atom is 0.236 e. The molecule has 0 heterocycles. The van der Waals surface area contributed by atoms with E-state index in [0.717, 1.165) is 12.8 Å². The van der Waals surface area contributed by atoms with Crippen molar-refractivity contribution in [3.05, 3.63) is 35.1 Å². The lowest BCUT2D eigenvalue weighted by atomic mass is 10.1. The second-order valence-electron chi connectivity index (χ2n) is 4.82. The van der Waals surface area contributed by atoms with Gasteiger partial charge >= 0.3 is 0 Å². The molecule has 5 heteroatoms. The minimum absolute atomic E-state index is 0.0753. The lowest BCUT2D eigenvalue weighted by molar-refractivity contribution is -0.129. The number of nitrogens with zero attached hydrogens (tertiary/aromatic N) is 2. The summed E-state index contributed by atoms with van der Waals surface area (Å²) >= 11 is 0. The van der Waals surface area contributed by atoms with E-state index in [1.165, 1.54) is 23.1 Å². The third-order valence-corrected chi connectivity index (χ3v) is 3.13. The number of nitrogens with one attached hydrogen (secondary N) is 1. The van der Waals surface area contributed by atoms with Crippen LogP contribution in [0.25, 0.3) is 0 Å². The Hall–Kier alpha value is -1.93. The summed E-state index contributed by atoms with van der Waals surface area (Å²) in [6.45, 7) is 0.452. The van der Waals surface area contributed by atoms with Crippen LogP contribution in [0.4, 0.5) is 4.39 Å². The first-order valence-corrected chi connectivity index (χ1v) is 6.26. The molecule has 4 nitrogen and oxygen atoms in total. The first-order chi connectivity index (χ1) is 9.10. The largest absolute Gasteiger partial charge is 0.340 e. The average Bonchev–Trinajstić information content (AvgIpc) is 3.22. The van der Waals surface area contributed by atoms with E-state index in [1.54, 1.807) is 7.05 Å². The molecular formula is C14H16FN3O. The second-order valence-corrected chi connectivity index (χ2v) is 4.82. The fourth-order valence-electron chi connectivity index (χ4n) is 1.76. The lowest BCUT2D eigenvalue weighted by Crippen LogP contribution is -2.36. The summed E-state index contributed by atoms with van der Waals surface area (Å²) in [5.74, 6) is -0.470. The van der Waals surface area contributed by atoms with E-state index in [1.807, 2.05) is 6.07 Å². The zero-order chi connectivity index (χ0) is 13.8. The van der Waals surface area contributed by atoms with Gasteiger partial charge in [0.15, 0.2) is 0 Å². The smallest absolute Gasteiger partial charge is 0.236 e. The van der Waals surface area contributed by atoms with Gasteiger partial charge in [-0.25, -0.2) is 4.39 Å². The number of rotatable bonds is 5. The molecule has 0 aliphatic heterocycles. The summed E-state index contributed by atoms with van der Waals surface area (Å²) < 4.78 is 13.6. The summed E-state index contributed by atoms with van der Waals surface area (Å²) in [7, 11) is 1.63. The number of benzene rings is 1.